The molecular formula is C28H30FN5O4. The first-order chi connectivity index (χ1) is 18.2. The minimum Gasteiger partial charge on any atom is -0.494 e. The highest BCUT2D eigenvalue weighted by atomic mass is 19.1. The molecule has 6 rings (SSSR count). The van der Waals surface area contributed by atoms with Crippen LogP contribution in [0.15, 0.2) is 52.6 Å². The van der Waals surface area contributed by atoms with Crippen LogP contribution in [0, 0.1) is 5.82 Å². The monoisotopic (exact) mass is 519 g/mol. The summed E-state index contributed by atoms with van der Waals surface area (Å²) in [6.45, 7) is 8.06. The van der Waals surface area contributed by atoms with Crippen molar-refractivity contribution >= 4 is 34.1 Å². The van der Waals surface area contributed by atoms with Crippen LogP contribution in [0.4, 0.5) is 14.9 Å². The molecule has 2 bridgehead atoms. The fraction of sp³-hybridized carbons (Fsp3) is 0.393. The van der Waals surface area contributed by atoms with Crippen molar-refractivity contribution in [3.05, 3.63) is 59.4 Å². The first kappa shape index (κ1) is 24.4. The second kappa shape index (κ2) is 9.13. The zero-order valence-corrected chi connectivity index (χ0v) is 21.6. The number of fused-ring (bicyclic) bond motifs is 4. The van der Waals surface area contributed by atoms with Crippen LogP contribution < -0.4 is 0 Å². The van der Waals surface area contributed by atoms with Gasteiger partial charge in [-0.1, -0.05) is 23.4 Å². The molecule has 2 saturated heterocycles. The fourth-order valence-electron chi connectivity index (χ4n) is 5.56. The van der Waals surface area contributed by atoms with Gasteiger partial charge in [0, 0.05) is 48.2 Å². The summed E-state index contributed by atoms with van der Waals surface area (Å²) in [6.07, 6.45) is 0.674. The summed E-state index contributed by atoms with van der Waals surface area (Å²) in [6, 6.07) is 12.2. The quantitative estimate of drug-likeness (QED) is 0.380. The average molecular weight is 520 g/mol. The lowest BCUT2D eigenvalue weighted by Gasteiger charge is -2.34. The van der Waals surface area contributed by atoms with Crippen molar-refractivity contribution in [3.63, 3.8) is 0 Å². The number of piperazine rings is 1. The number of halogens is 1. The lowest BCUT2D eigenvalue weighted by atomic mass is 10.0. The van der Waals surface area contributed by atoms with Crippen LogP contribution in [0.1, 0.15) is 38.3 Å². The number of nitrogens with zero attached hydrogens (tertiary/aromatic N) is 4. The Kier molecular flexibility index (Phi) is 5.86. The number of aromatic nitrogens is 1. The van der Waals surface area contributed by atoms with Crippen LogP contribution in [-0.2, 0) is 9.57 Å². The predicted molar refractivity (Wildman–Crippen MR) is 142 cm³/mol. The van der Waals surface area contributed by atoms with Gasteiger partial charge in [0.2, 0.25) is 0 Å². The lowest BCUT2D eigenvalue weighted by molar-refractivity contribution is 0.0104. The molecule has 9 nitrogen and oxygen atoms in total. The van der Waals surface area contributed by atoms with Crippen LogP contribution in [0.3, 0.4) is 0 Å². The van der Waals surface area contributed by atoms with E-state index in [-0.39, 0.29) is 24.1 Å². The highest BCUT2D eigenvalue weighted by molar-refractivity contribution is 6.58. The van der Waals surface area contributed by atoms with Crippen LogP contribution in [-0.4, -0.2) is 81.3 Å². The number of rotatable bonds is 5. The van der Waals surface area contributed by atoms with Gasteiger partial charge >= 0.3 is 6.09 Å². The van der Waals surface area contributed by atoms with Gasteiger partial charge in [-0.3, -0.25) is 4.90 Å². The van der Waals surface area contributed by atoms with Gasteiger partial charge in [0.25, 0.3) is 0 Å². The molecule has 3 aliphatic heterocycles. The Morgan fingerprint density at radius 1 is 1.21 bits per heavy atom. The molecule has 3 aliphatic rings. The number of para-hydroxylation sites is 1. The Hall–Kier alpha value is -3.92. The Morgan fingerprint density at radius 3 is 2.79 bits per heavy atom. The molecule has 2 fully saturated rings. The number of ether oxygens (including phenoxy) is 1. The van der Waals surface area contributed by atoms with Gasteiger partial charge in [0.05, 0.1) is 11.3 Å². The van der Waals surface area contributed by atoms with Crippen molar-refractivity contribution < 1.29 is 23.9 Å². The minimum absolute atomic E-state index is 0.104. The Bertz CT molecular complexity index is 1470. The fourth-order valence-corrected chi connectivity index (χ4v) is 5.56. The Morgan fingerprint density at radius 2 is 2.03 bits per heavy atom. The number of carbonyl (C=O) groups excluding carboxylic acids is 1. The molecule has 0 spiro atoms. The number of carbonyl (C=O) groups is 1. The standard InChI is InChI=1S/C28H30FN5O4/c1-28(2,3)38-27(36)34-15-17-13-18(34)14-33(17)10-11-37-32-24-19-6-4-5-7-21(19)30-25(24)23-20-12-16(29)8-9-22(20)31-26(23)35/h4-9,12,17-18,31,35H,10-11,13-15H2,1-3H3/b32-24+/t17-,18-/m1/s1. The lowest BCUT2D eigenvalue weighted by Crippen LogP contribution is -2.50. The van der Waals surface area contributed by atoms with Crippen molar-refractivity contribution in [2.45, 2.75) is 44.9 Å². The van der Waals surface area contributed by atoms with Crippen LogP contribution in [0.25, 0.3) is 10.9 Å². The Labute approximate surface area is 219 Å². The molecule has 198 valence electrons. The molecule has 0 radical (unpaired) electrons. The van der Waals surface area contributed by atoms with E-state index in [1.54, 1.807) is 6.07 Å². The second-order valence-electron chi connectivity index (χ2n) is 11.0. The summed E-state index contributed by atoms with van der Waals surface area (Å²) in [4.78, 5) is 30.0. The van der Waals surface area contributed by atoms with E-state index in [0.717, 1.165) is 18.5 Å². The van der Waals surface area contributed by atoms with Crippen LogP contribution in [0.5, 0.6) is 5.88 Å². The molecule has 0 aliphatic carbocycles. The SMILES string of the molecule is CC(C)(C)OC(=O)N1C[C@H]2C[C@@H]1CN2CCO/N=C1/C(c2c(O)[nH]c3ccc(F)cc23)=Nc2ccccc21. The number of amides is 1. The summed E-state index contributed by atoms with van der Waals surface area (Å²) in [5, 5.41) is 15.6. The molecule has 2 atom stereocenters. The van der Waals surface area contributed by atoms with E-state index >= 15 is 0 Å². The third-order valence-electron chi connectivity index (χ3n) is 7.20. The van der Waals surface area contributed by atoms with Crippen LogP contribution in [0.2, 0.25) is 0 Å². The summed E-state index contributed by atoms with van der Waals surface area (Å²) in [7, 11) is 0. The molecular weight excluding hydrogens is 489 g/mol. The van der Waals surface area contributed by atoms with E-state index in [4.69, 9.17) is 14.6 Å². The summed E-state index contributed by atoms with van der Waals surface area (Å²) >= 11 is 0. The third-order valence-corrected chi connectivity index (χ3v) is 7.20. The molecule has 10 heteroatoms. The number of aliphatic imine (C=N–C) groups is 1. The van der Waals surface area contributed by atoms with Gasteiger partial charge in [0.15, 0.2) is 5.88 Å². The number of likely N-dealkylation sites (tertiary alicyclic amines) is 2. The summed E-state index contributed by atoms with van der Waals surface area (Å²) < 4.78 is 19.6. The normalized spacial score (nSPS) is 21.8. The summed E-state index contributed by atoms with van der Waals surface area (Å²) in [5.41, 5.74) is 2.87. The predicted octanol–water partition coefficient (Wildman–Crippen LogP) is 4.56. The van der Waals surface area contributed by atoms with Crippen molar-refractivity contribution in [1.82, 2.24) is 14.8 Å². The average Bonchev–Trinajstić information content (AvgIpc) is 3.61. The van der Waals surface area contributed by atoms with Gasteiger partial charge < -0.3 is 24.6 Å². The van der Waals surface area contributed by atoms with Crippen molar-refractivity contribution in [2.24, 2.45) is 10.1 Å². The molecule has 1 amide bonds. The minimum atomic E-state index is -0.510. The third kappa shape index (κ3) is 4.38. The van der Waals surface area contributed by atoms with Crippen molar-refractivity contribution in [1.29, 1.82) is 0 Å². The number of H-pyrrole nitrogens is 1. The number of benzene rings is 2. The van der Waals surface area contributed by atoms with Gasteiger partial charge in [-0.05, 0) is 51.5 Å². The highest BCUT2D eigenvalue weighted by Crippen LogP contribution is 2.36. The maximum atomic E-state index is 14.1. The Balaban J connectivity index is 1.15. The molecule has 4 heterocycles. The van der Waals surface area contributed by atoms with E-state index in [1.807, 2.05) is 49.9 Å². The zero-order valence-electron chi connectivity index (χ0n) is 21.6. The van der Waals surface area contributed by atoms with Gasteiger partial charge in [-0.25, -0.2) is 14.2 Å². The highest BCUT2D eigenvalue weighted by Gasteiger charge is 2.46. The topological polar surface area (TPSA) is 103 Å². The second-order valence-corrected chi connectivity index (χ2v) is 11.0. The maximum Gasteiger partial charge on any atom is 0.410 e. The van der Waals surface area contributed by atoms with E-state index in [0.29, 0.717) is 53.3 Å². The van der Waals surface area contributed by atoms with Gasteiger partial charge in [-0.2, -0.15) is 0 Å². The van der Waals surface area contributed by atoms with E-state index in [9.17, 15) is 14.3 Å². The van der Waals surface area contributed by atoms with Gasteiger partial charge in [0.1, 0.15) is 29.4 Å². The molecule has 0 saturated carbocycles. The first-order valence-corrected chi connectivity index (χ1v) is 12.8. The number of hydrogen-bond donors (Lipinski definition) is 2. The molecule has 2 N–H and O–H groups in total. The largest absolute Gasteiger partial charge is 0.494 e. The van der Waals surface area contributed by atoms with E-state index in [1.165, 1.54) is 12.1 Å². The number of nitrogens with one attached hydrogen (secondary N) is 1. The molecule has 2 aromatic carbocycles. The van der Waals surface area contributed by atoms with Crippen molar-refractivity contribution in [3.8, 4) is 5.88 Å². The number of hydrogen-bond acceptors (Lipinski definition) is 7. The van der Waals surface area contributed by atoms with E-state index in [2.05, 4.69) is 15.0 Å². The van der Waals surface area contributed by atoms with Crippen LogP contribution >= 0.6 is 0 Å². The molecule has 1 aromatic heterocycles. The smallest absolute Gasteiger partial charge is 0.410 e. The number of oxime groups is 1. The zero-order chi connectivity index (χ0) is 26.6. The van der Waals surface area contributed by atoms with Crippen molar-refractivity contribution in [2.75, 3.05) is 26.2 Å². The molecule has 38 heavy (non-hydrogen) atoms. The molecule has 3 aromatic rings. The first-order valence-electron chi connectivity index (χ1n) is 12.8. The van der Waals surface area contributed by atoms with E-state index < -0.39 is 11.4 Å². The number of aromatic hydroxyl groups is 1. The maximum absolute atomic E-state index is 14.1. The molecule has 0 unspecified atom stereocenters. The van der Waals surface area contributed by atoms with Gasteiger partial charge in [-0.15, -0.1) is 0 Å². The number of aromatic amines is 1. The summed E-state index contributed by atoms with van der Waals surface area (Å²) in [5.74, 6) is -0.513.